The van der Waals surface area contributed by atoms with Crippen LogP contribution in [0, 0.1) is 17.5 Å². The van der Waals surface area contributed by atoms with Gasteiger partial charge in [0, 0.05) is 6.42 Å². The lowest BCUT2D eigenvalue weighted by atomic mass is 10.1. The van der Waals surface area contributed by atoms with Gasteiger partial charge in [0.1, 0.15) is 5.76 Å². The second kappa shape index (κ2) is 4.68. The second-order valence-corrected chi connectivity index (χ2v) is 3.67. The molecule has 1 aromatic heterocycles. The van der Waals surface area contributed by atoms with E-state index in [1.807, 2.05) is 6.92 Å². The molecule has 0 aliphatic carbocycles. The van der Waals surface area contributed by atoms with Gasteiger partial charge in [-0.25, -0.2) is 13.2 Å². The Labute approximate surface area is 101 Å². The van der Waals surface area contributed by atoms with Crippen molar-refractivity contribution in [2.24, 2.45) is 0 Å². The molecule has 0 aliphatic heterocycles. The largest absolute Gasteiger partial charge is 0.458 e. The van der Waals surface area contributed by atoms with Gasteiger partial charge < -0.3 is 4.42 Å². The van der Waals surface area contributed by atoms with Crippen molar-refractivity contribution in [3.05, 3.63) is 58.8 Å². The van der Waals surface area contributed by atoms with E-state index in [9.17, 15) is 18.0 Å². The highest BCUT2D eigenvalue weighted by molar-refractivity contribution is 6.07. The van der Waals surface area contributed by atoms with Crippen LogP contribution in [0.2, 0.25) is 0 Å². The minimum absolute atomic E-state index is 0.100. The number of rotatable bonds is 3. The topological polar surface area (TPSA) is 30.2 Å². The summed E-state index contributed by atoms with van der Waals surface area (Å²) in [4.78, 5) is 11.8. The Balaban J connectivity index is 2.43. The molecule has 0 bridgehead atoms. The summed E-state index contributed by atoms with van der Waals surface area (Å²) < 4.78 is 44.3. The number of aryl methyl sites for hydroxylation is 1. The van der Waals surface area contributed by atoms with E-state index in [0.717, 1.165) is 6.07 Å². The monoisotopic (exact) mass is 254 g/mol. The van der Waals surface area contributed by atoms with Gasteiger partial charge in [-0.05, 0) is 24.3 Å². The fraction of sp³-hybridized carbons (Fsp3) is 0.154. The minimum atomic E-state index is -1.66. The average Bonchev–Trinajstić information content (AvgIpc) is 2.84. The number of furan rings is 1. The van der Waals surface area contributed by atoms with Gasteiger partial charge in [0.25, 0.3) is 0 Å². The van der Waals surface area contributed by atoms with Crippen LogP contribution in [0.5, 0.6) is 0 Å². The molecule has 2 rings (SSSR count). The Morgan fingerprint density at radius 3 is 2.44 bits per heavy atom. The fourth-order valence-electron chi connectivity index (χ4n) is 1.52. The fourth-order valence-corrected chi connectivity index (χ4v) is 1.52. The van der Waals surface area contributed by atoms with Gasteiger partial charge in [0.15, 0.2) is 23.2 Å². The second-order valence-electron chi connectivity index (χ2n) is 3.67. The van der Waals surface area contributed by atoms with E-state index < -0.39 is 28.8 Å². The molecule has 1 aromatic carbocycles. The molecule has 0 radical (unpaired) electrons. The molecule has 2 aromatic rings. The summed E-state index contributed by atoms with van der Waals surface area (Å²) in [5.74, 6) is -4.86. The molecule has 5 heteroatoms. The first-order valence-corrected chi connectivity index (χ1v) is 5.31. The maximum absolute atomic E-state index is 13.4. The quantitative estimate of drug-likeness (QED) is 0.620. The van der Waals surface area contributed by atoms with E-state index in [1.165, 1.54) is 6.07 Å². The Hall–Kier alpha value is -2.04. The lowest BCUT2D eigenvalue weighted by molar-refractivity contribution is 0.100. The number of halogens is 3. The van der Waals surface area contributed by atoms with Crippen LogP contribution in [0.3, 0.4) is 0 Å². The van der Waals surface area contributed by atoms with E-state index in [-0.39, 0.29) is 5.76 Å². The summed E-state index contributed by atoms with van der Waals surface area (Å²) in [6.45, 7) is 1.82. The van der Waals surface area contributed by atoms with Gasteiger partial charge in [-0.2, -0.15) is 0 Å². The predicted octanol–water partition coefficient (Wildman–Crippen LogP) is 3.49. The molecule has 0 unspecified atom stereocenters. The molecular weight excluding hydrogens is 245 g/mol. The van der Waals surface area contributed by atoms with E-state index in [2.05, 4.69) is 0 Å². The molecule has 0 saturated heterocycles. The normalized spacial score (nSPS) is 10.7. The number of carbonyl (C=O) groups excluding carboxylic acids is 1. The third kappa shape index (κ3) is 2.03. The third-order valence-electron chi connectivity index (χ3n) is 2.51. The highest BCUT2D eigenvalue weighted by atomic mass is 19.2. The Morgan fingerprint density at radius 1 is 1.11 bits per heavy atom. The zero-order chi connectivity index (χ0) is 13.3. The molecule has 2 nitrogen and oxygen atoms in total. The number of hydrogen-bond donors (Lipinski definition) is 0. The maximum Gasteiger partial charge on any atom is 0.231 e. The van der Waals surface area contributed by atoms with E-state index in [4.69, 9.17) is 4.42 Å². The number of benzene rings is 1. The molecule has 0 fully saturated rings. The molecule has 0 saturated carbocycles. The first-order chi connectivity index (χ1) is 8.54. The smallest absolute Gasteiger partial charge is 0.231 e. The van der Waals surface area contributed by atoms with E-state index >= 15 is 0 Å². The summed E-state index contributed by atoms with van der Waals surface area (Å²) in [5.41, 5.74) is -0.550. The lowest BCUT2D eigenvalue weighted by Crippen LogP contribution is -2.06. The molecule has 0 spiro atoms. The first-order valence-electron chi connectivity index (χ1n) is 5.31. The van der Waals surface area contributed by atoms with Crippen LogP contribution in [-0.2, 0) is 6.42 Å². The standard InChI is InChI=1S/C13H9F3O2/c1-2-7-3-6-10(18-7)13(17)8-4-5-9(14)12(16)11(8)15/h3-6H,2H2,1H3. The van der Waals surface area contributed by atoms with Gasteiger partial charge in [-0.3, -0.25) is 4.79 Å². The van der Waals surface area contributed by atoms with Crippen LogP contribution in [-0.4, -0.2) is 5.78 Å². The Morgan fingerprint density at radius 2 is 1.83 bits per heavy atom. The van der Waals surface area contributed by atoms with Crippen molar-refractivity contribution in [2.45, 2.75) is 13.3 Å². The summed E-state index contributed by atoms with van der Waals surface area (Å²) in [7, 11) is 0. The SMILES string of the molecule is CCc1ccc(C(=O)c2ccc(F)c(F)c2F)o1. The van der Waals surface area contributed by atoms with Crippen LogP contribution in [0.4, 0.5) is 13.2 Å². The number of ketones is 1. The van der Waals surface area contributed by atoms with Crippen molar-refractivity contribution in [3.8, 4) is 0 Å². The molecule has 0 aliphatic rings. The molecule has 18 heavy (non-hydrogen) atoms. The molecule has 94 valence electrons. The van der Waals surface area contributed by atoms with Crippen molar-refractivity contribution < 1.29 is 22.4 Å². The Bertz CT molecular complexity index is 602. The van der Waals surface area contributed by atoms with Crippen molar-refractivity contribution in [2.75, 3.05) is 0 Å². The van der Waals surface area contributed by atoms with Crippen LogP contribution in [0.25, 0.3) is 0 Å². The molecule has 1 heterocycles. The van der Waals surface area contributed by atoms with Gasteiger partial charge >= 0.3 is 0 Å². The first kappa shape index (κ1) is 12.4. The highest BCUT2D eigenvalue weighted by Crippen LogP contribution is 2.20. The van der Waals surface area contributed by atoms with Gasteiger partial charge in [-0.15, -0.1) is 0 Å². The van der Waals surface area contributed by atoms with Crippen LogP contribution >= 0.6 is 0 Å². The third-order valence-corrected chi connectivity index (χ3v) is 2.51. The van der Waals surface area contributed by atoms with Crippen molar-refractivity contribution >= 4 is 5.78 Å². The zero-order valence-electron chi connectivity index (χ0n) is 9.47. The summed E-state index contributed by atoms with van der Waals surface area (Å²) in [6.07, 6.45) is 0.577. The van der Waals surface area contributed by atoms with E-state index in [1.54, 1.807) is 6.07 Å². The molecule has 0 atom stereocenters. The predicted molar refractivity (Wildman–Crippen MR) is 57.8 cm³/mol. The van der Waals surface area contributed by atoms with E-state index in [0.29, 0.717) is 18.2 Å². The lowest BCUT2D eigenvalue weighted by Gasteiger charge is -2.01. The minimum Gasteiger partial charge on any atom is -0.458 e. The number of hydrogen-bond acceptors (Lipinski definition) is 2. The highest BCUT2D eigenvalue weighted by Gasteiger charge is 2.22. The zero-order valence-corrected chi connectivity index (χ0v) is 9.47. The summed E-state index contributed by atoms with van der Waals surface area (Å²) >= 11 is 0. The van der Waals surface area contributed by atoms with Crippen molar-refractivity contribution in [3.63, 3.8) is 0 Å². The van der Waals surface area contributed by atoms with Gasteiger partial charge in [0.05, 0.1) is 5.56 Å². The average molecular weight is 254 g/mol. The number of carbonyl (C=O) groups is 1. The molecular formula is C13H9F3O2. The summed E-state index contributed by atoms with van der Waals surface area (Å²) in [5, 5.41) is 0. The van der Waals surface area contributed by atoms with Crippen molar-refractivity contribution in [1.82, 2.24) is 0 Å². The van der Waals surface area contributed by atoms with Crippen molar-refractivity contribution in [1.29, 1.82) is 0 Å². The summed E-state index contributed by atoms with van der Waals surface area (Å²) in [6, 6.07) is 4.55. The Kier molecular flexibility index (Phi) is 3.23. The van der Waals surface area contributed by atoms with Crippen LogP contribution in [0.1, 0.15) is 28.8 Å². The van der Waals surface area contributed by atoms with Gasteiger partial charge in [-0.1, -0.05) is 6.92 Å². The maximum atomic E-state index is 13.4. The van der Waals surface area contributed by atoms with Crippen LogP contribution in [0.15, 0.2) is 28.7 Å². The molecule has 0 N–H and O–H groups in total. The van der Waals surface area contributed by atoms with Gasteiger partial charge in [0.2, 0.25) is 5.78 Å². The molecule has 0 amide bonds. The van der Waals surface area contributed by atoms with Crippen LogP contribution < -0.4 is 0 Å².